The average Bonchev–Trinajstić information content (AvgIpc) is 2.62. The quantitative estimate of drug-likeness (QED) is 0.633. The zero-order valence-electron chi connectivity index (χ0n) is 13.8. The van der Waals surface area contributed by atoms with Crippen LogP contribution in [0.4, 0.5) is 18.9 Å². The van der Waals surface area contributed by atoms with Crippen molar-refractivity contribution < 1.29 is 27.5 Å². The Labute approximate surface area is 166 Å². The third kappa shape index (κ3) is 5.61. The van der Waals surface area contributed by atoms with E-state index in [9.17, 15) is 22.8 Å². The molecule has 0 aliphatic heterocycles. The number of anilines is 1. The Bertz CT molecular complexity index is 883. The molecule has 5 nitrogen and oxygen atoms in total. The third-order valence-corrected chi connectivity index (χ3v) is 4.15. The zero-order chi connectivity index (χ0) is 20.1. The van der Waals surface area contributed by atoms with Crippen LogP contribution in [-0.2, 0) is 9.59 Å². The van der Waals surface area contributed by atoms with Gasteiger partial charge in [0.2, 0.25) is 5.91 Å². The van der Waals surface area contributed by atoms with Crippen molar-refractivity contribution in [2.75, 3.05) is 11.9 Å². The van der Waals surface area contributed by atoms with Crippen LogP contribution in [0.3, 0.4) is 0 Å². The topological polar surface area (TPSA) is 67.4 Å². The van der Waals surface area contributed by atoms with Crippen molar-refractivity contribution in [3.05, 3.63) is 57.3 Å². The van der Waals surface area contributed by atoms with E-state index in [4.69, 9.17) is 16.3 Å². The van der Waals surface area contributed by atoms with Crippen LogP contribution in [0.5, 0.6) is 5.75 Å². The summed E-state index contributed by atoms with van der Waals surface area (Å²) in [5.41, 5.74) is -0.539. The van der Waals surface area contributed by atoms with Gasteiger partial charge < -0.3 is 15.4 Å². The van der Waals surface area contributed by atoms with Crippen LogP contribution >= 0.6 is 27.5 Å². The molecular formula is C17H13BrClF3N2O3. The first-order valence-electron chi connectivity index (χ1n) is 7.51. The van der Waals surface area contributed by atoms with E-state index in [1.165, 1.54) is 6.92 Å². The van der Waals surface area contributed by atoms with Gasteiger partial charge in [-0.1, -0.05) is 11.6 Å². The molecule has 2 aromatic rings. The molecule has 1 atom stereocenters. The number of benzene rings is 2. The van der Waals surface area contributed by atoms with Gasteiger partial charge in [-0.3, -0.25) is 9.59 Å². The van der Waals surface area contributed by atoms with E-state index in [1.807, 2.05) is 5.32 Å². The molecule has 2 aromatic carbocycles. The van der Waals surface area contributed by atoms with Crippen molar-refractivity contribution in [1.82, 2.24) is 5.32 Å². The Morgan fingerprint density at radius 1 is 1.19 bits per heavy atom. The molecule has 1 unspecified atom stereocenters. The number of halogens is 5. The number of hydrogen-bond donors (Lipinski definition) is 2. The van der Waals surface area contributed by atoms with E-state index in [-0.39, 0.29) is 0 Å². The van der Waals surface area contributed by atoms with E-state index in [1.54, 1.807) is 18.2 Å². The Kier molecular flexibility index (Phi) is 7.09. The lowest BCUT2D eigenvalue weighted by atomic mass is 10.2. The fourth-order valence-electron chi connectivity index (χ4n) is 1.94. The molecule has 0 aliphatic rings. The highest BCUT2D eigenvalue weighted by molar-refractivity contribution is 9.10. The Hall–Kier alpha value is -2.26. The fourth-order valence-corrected chi connectivity index (χ4v) is 2.72. The molecule has 0 bridgehead atoms. The molecule has 0 spiro atoms. The second kappa shape index (κ2) is 9.09. The molecule has 0 fully saturated rings. The number of hydrogen-bond acceptors (Lipinski definition) is 3. The van der Waals surface area contributed by atoms with Gasteiger partial charge in [0.05, 0.1) is 16.7 Å². The van der Waals surface area contributed by atoms with Gasteiger partial charge in [0.15, 0.2) is 23.6 Å². The Morgan fingerprint density at radius 2 is 1.89 bits per heavy atom. The van der Waals surface area contributed by atoms with E-state index in [0.717, 1.165) is 6.07 Å². The summed E-state index contributed by atoms with van der Waals surface area (Å²) in [5, 5.41) is 4.81. The Balaban J connectivity index is 1.89. The van der Waals surface area contributed by atoms with Crippen LogP contribution < -0.4 is 15.4 Å². The summed E-state index contributed by atoms with van der Waals surface area (Å²) < 4.78 is 45.5. The van der Waals surface area contributed by atoms with Crippen molar-refractivity contribution in [1.29, 1.82) is 0 Å². The summed E-state index contributed by atoms with van der Waals surface area (Å²) in [7, 11) is 0. The summed E-state index contributed by atoms with van der Waals surface area (Å²) in [6, 6.07) is 6.28. The second-order valence-corrected chi connectivity index (χ2v) is 6.61. The summed E-state index contributed by atoms with van der Waals surface area (Å²) >= 11 is 9.06. The van der Waals surface area contributed by atoms with Crippen LogP contribution in [-0.4, -0.2) is 24.5 Å². The van der Waals surface area contributed by atoms with Crippen LogP contribution in [0.1, 0.15) is 6.92 Å². The van der Waals surface area contributed by atoms with Crippen LogP contribution in [0.25, 0.3) is 0 Å². The number of carbonyl (C=O) groups is 2. The summed E-state index contributed by atoms with van der Waals surface area (Å²) in [5.74, 6) is -5.68. The molecule has 0 radical (unpaired) electrons. The van der Waals surface area contributed by atoms with Crippen molar-refractivity contribution in [3.8, 4) is 5.75 Å². The minimum Gasteiger partial charge on any atom is -0.480 e. The highest BCUT2D eigenvalue weighted by atomic mass is 79.9. The maximum atomic E-state index is 13.5. The van der Waals surface area contributed by atoms with Gasteiger partial charge in [-0.15, -0.1) is 0 Å². The van der Waals surface area contributed by atoms with Crippen LogP contribution in [0.2, 0.25) is 5.02 Å². The summed E-state index contributed by atoms with van der Waals surface area (Å²) in [6.45, 7) is 0.941. The number of amides is 2. The van der Waals surface area contributed by atoms with Crippen molar-refractivity contribution >= 4 is 45.0 Å². The van der Waals surface area contributed by atoms with Crippen molar-refractivity contribution in [3.63, 3.8) is 0 Å². The first kappa shape index (κ1) is 21.0. The summed E-state index contributed by atoms with van der Waals surface area (Å²) in [4.78, 5) is 23.8. The molecule has 144 valence electrons. The zero-order valence-corrected chi connectivity index (χ0v) is 16.1. The van der Waals surface area contributed by atoms with Gasteiger partial charge in [0, 0.05) is 5.02 Å². The number of carbonyl (C=O) groups excluding carboxylic acids is 2. The molecular weight excluding hydrogens is 453 g/mol. The van der Waals surface area contributed by atoms with Gasteiger partial charge in [0.1, 0.15) is 5.75 Å². The smallest absolute Gasteiger partial charge is 0.261 e. The average molecular weight is 466 g/mol. The first-order valence-corrected chi connectivity index (χ1v) is 8.69. The molecule has 2 rings (SSSR count). The monoisotopic (exact) mass is 464 g/mol. The molecule has 0 saturated heterocycles. The van der Waals surface area contributed by atoms with Gasteiger partial charge in [-0.25, -0.2) is 13.2 Å². The maximum absolute atomic E-state index is 13.5. The number of rotatable bonds is 6. The molecule has 0 saturated carbocycles. The van der Waals surface area contributed by atoms with Crippen molar-refractivity contribution in [2.45, 2.75) is 13.0 Å². The van der Waals surface area contributed by atoms with Crippen LogP contribution in [0.15, 0.2) is 34.8 Å². The van der Waals surface area contributed by atoms with Gasteiger partial charge in [-0.2, -0.15) is 0 Å². The molecule has 2 amide bonds. The first-order chi connectivity index (χ1) is 12.7. The molecule has 2 N–H and O–H groups in total. The summed E-state index contributed by atoms with van der Waals surface area (Å²) in [6.07, 6.45) is -0.949. The SMILES string of the molecule is CC(Oc1ccc(Cl)cc1Br)C(=O)NCC(=O)Nc1ccc(F)c(F)c1F. The fraction of sp³-hybridized carbons (Fsp3) is 0.176. The predicted octanol–water partition coefficient (Wildman–Crippen LogP) is 4.04. The normalized spacial score (nSPS) is 11.6. The maximum Gasteiger partial charge on any atom is 0.261 e. The largest absolute Gasteiger partial charge is 0.480 e. The van der Waals surface area contributed by atoms with E-state index < -0.39 is 47.6 Å². The molecule has 0 heterocycles. The van der Waals surface area contributed by atoms with Gasteiger partial charge >= 0.3 is 0 Å². The minimum absolute atomic E-state index is 0.371. The van der Waals surface area contributed by atoms with Crippen LogP contribution in [0, 0.1) is 17.5 Å². The third-order valence-electron chi connectivity index (χ3n) is 3.30. The molecule has 10 heteroatoms. The van der Waals surface area contributed by atoms with E-state index in [0.29, 0.717) is 21.3 Å². The van der Waals surface area contributed by atoms with Gasteiger partial charge in [0.25, 0.3) is 5.91 Å². The van der Waals surface area contributed by atoms with E-state index in [2.05, 4.69) is 21.2 Å². The molecule has 0 aromatic heterocycles. The lowest BCUT2D eigenvalue weighted by Crippen LogP contribution is -2.40. The minimum atomic E-state index is -1.70. The molecule has 0 aliphatic carbocycles. The number of ether oxygens (including phenoxy) is 1. The van der Waals surface area contributed by atoms with Crippen molar-refractivity contribution in [2.24, 2.45) is 0 Å². The van der Waals surface area contributed by atoms with E-state index >= 15 is 0 Å². The lowest BCUT2D eigenvalue weighted by molar-refractivity contribution is -0.129. The predicted molar refractivity (Wildman–Crippen MR) is 97.2 cm³/mol. The lowest BCUT2D eigenvalue weighted by Gasteiger charge is -2.16. The van der Waals surface area contributed by atoms with Gasteiger partial charge in [-0.05, 0) is 53.2 Å². The second-order valence-electron chi connectivity index (χ2n) is 5.32. The standard InChI is InChI=1S/C17H13BrClF3N2O3/c1-8(27-13-5-2-9(19)6-10(13)18)17(26)23-7-14(25)24-12-4-3-11(20)15(21)16(12)22/h2-6,8H,7H2,1H3,(H,23,26)(H,24,25). The molecule has 27 heavy (non-hydrogen) atoms. The number of nitrogens with one attached hydrogen (secondary N) is 2. The highest BCUT2D eigenvalue weighted by Gasteiger charge is 2.18. The highest BCUT2D eigenvalue weighted by Crippen LogP contribution is 2.28. The Morgan fingerprint density at radius 3 is 2.56 bits per heavy atom.